The largest absolute Gasteiger partial charge is 0.497 e. The molecule has 0 N–H and O–H groups in total. The topological polar surface area (TPSA) is 116 Å². The predicted molar refractivity (Wildman–Crippen MR) is 98.7 cm³/mol. The number of rotatable bonds is 6. The Kier molecular flexibility index (Phi) is 6.47. The molecule has 3 rings (SSSR count). The molecule has 2 fully saturated rings. The lowest BCUT2D eigenvalue weighted by Crippen LogP contribution is -2.58. The Morgan fingerprint density at radius 3 is 1.97 bits per heavy atom. The first-order valence-corrected chi connectivity index (χ1v) is 9.29. The third kappa shape index (κ3) is 4.34. The van der Waals surface area contributed by atoms with Gasteiger partial charge in [-0.25, -0.2) is 0 Å². The fraction of sp³-hybridized carbons (Fsp3) is 0.550. The van der Waals surface area contributed by atoms with Gasteiger partial charge in [-0.15, -0.1) is 0 Å². The van der Waals surface area contributed by atoms with Gasteiger partial charge in [0.15, 0.2) is 24.6 Å². The number of methoxy groups -OCH3 is 2. The number of hydrogen-bond donors (Lipinski definition) is 0. The van der Waals surface area contributed by atoms with Crippen LogP contribution < -0.4 is 9.47 Å². The highest BCUT2D eigenvalue weighted by atomic mass is 16.8. The molecule has 0 aromatic heterocycles. The maximum absolute atomic E-state index is 11.8. The zero-order chi connectivity index (χ0) is 22.0. The number of hydrogen-bond acceptors (Lipinski definition) is 10. The van der Waals surface area contributed by atoms with Crippen LogP contribution in [0, 0.1) is 0 Å². The summed E-state index contributed by atoms with van der Waals surface area (Å²) >= 11 is 0. The molecule has 2 aliphatic heterocycles. The second kappa shape index (κ2) is 8.88. The molecule has 0 aliphatic carbocycles. The normalized spacial score (nSPS) is 29.6. The quantitative estimate of drug-likeness (QED) is 0.489. The average Bonchev–Trinajstić information content (AvgIpc) is 3.08. The van der Waals surface area contributed by atoms with Gasteiger partial charge in [-0.3, -0.25) is 14.4 Å². The Balaban J connectivity index is 2.05. The summed E-state index contributed by atoms with van der Waals surface area (Å²) in [6, 6.07) is 5.13. The van der Waals surface area contributed by atoms with E-state index in [1.807, 2.05) is 0 Å². The first-order valence-electron chi connectivity index (χ1n) is 9.29. The molecule has 0 saturated carbocycles. The van der Waals surface area contributed by atoms with E-state index in [4.69, 9.17) is 33.2 Å². The van der Waals surface area contributed by atoms with Gasteiger partial charge in [0.1, 0.15) is 23.7 Å². The van der Waals surface area contributed by atoms with Crippen LogP contribution >= 0.6 is 0 Å². The van der Waals surface area contributed by atoms with Gasteiger partial charge in [-0.2, -0.15) is 0 Å². The van der Waals surface area contributed by atoms with Crippen molar-refractivity contribution in [2.24, 2.45) is 0 Å². The lowest BCUT2D eigenvalue weighted by molar-refractivity contribution is -0.250. The molecule has 1 aromatic rings. The smallest absolute Gasteiger partial charge is 0.303 e. The van der Waals surface area contributed by atoms with Crippen molar-refractivity contribution in [1.82, 2.24) is 0 Å². The molecule has 2 saturated heterocycles. The molecule has 164 valence electrons. The minimum Gasteiger partial charge on any atom is -0.497 e. The van der Waals surface area contributed by atoms with E-state index in [0.717, 1.165) is 0 Å². The van der Waals surface area contributed by atoms with Crippen molar-refractivity contribution in [3.8, 4) is 11.5 Å². The van der Waals surface area contributed by atoms with Crippen LogP contribution in [0.5, 0.6) is 11.5 Å². The summed E-state index contributed by atoms with van der Waals surface area (Å²) in [6.45, 7) is 3.63. The molecule has 6 atom stereocenters. The summed E-state index contributed by atoms with van der Waals surface area (Å²) in [5.74, 6) is -0.846. The van der Waals surface area contributed by atoms with Crippen LogP contribution in [-0.2, 0) is 38.1 Å². The van der Waals surface area contributed by atoms with Gasteiger partial charge in [0.2, 0.25) is 0 Å². The molecule has 30 heavy (non-hydrogen) atoms. The van der Waals surface area contributed by atoms with E-state index < -0.39 is 54.7 Å². The Bertz CT molecular complexity index is 822. The highest BCUT2D eigenvalue weighted by Crippen LogP contribution is 2.46. The summed E-state index contributed by atoms with van der Waals surface area (Å²) < 4.78 is 38.8. The second-order valence-electron chi connectivity index (χ2n) is 6.86. The minimum absolute atomic E-state index is 0.492. The van der Waals surface area contributed by atoms with Crippen LogP contribution in [0.25, 0.3) is 0 Å². The molecule has 0 unspecified atom stereocenters. The Morgan fingerprint density at radius 1 is 0.800 bits per heavy atom. The van der Waals surface area contributed by atoms with Crippen LogP contribution in [-0.4, -0.2) is 62.8 Å². The monoisotopic (exact) mass is 424 g/mol. The third-order valence-electron chi connectivity index (χ3n) is 4.76. The van der Waals surface area contributed by atoms with Crippen molar-refractivity contribution < 1.29 is 47.5 Å². The van der Waals surface area contributed by atoms with Crippen LogP contribution in [0.3, 0.4) is 0 Å². The number of carbonyl (C=O) groups is 3. The summed E-state index contributed by atoms with van der Waals surface area (Å²) in [5, 5.41) is 0. The van der Waals surface area contributed by atoms with E-state index in [-0.39, 0.29) is 0 Å². The zero-order valence-electron chi connectivity index (χ0n) is 17.3. The van der Waals surface area contributed by atoms with Crippen molar-refractivity contribution in [3.05, 3.63) is 23.8 Å². The highest BCUT2D eigenvalue weighted by Gasteiger charge is 2.60. The van der Waals surface area contributed by atoms with E-state index >= 15 is 0 Å². The van der Waals surface area contributed by atoms with Crippen molar-refractivity contribution in [1.29, 1.82) is 0 Å². The van der Waals surface area contributed by atoms with Crippen molar-refractivity contribution >= 4 is 17.9 Å². The molecule has 2 aliphatic rings. The Labute approximate surface area is 173 Å². The van der Waals surface area contributed by atoms with Gasteiger partial charge in [-0.05, 0) is 18.2 Å². The van der Waals surface area contributed by atoms with Gasteiger partial charge in [0.05, 0.1) is 14.2 Å². The molecule has 0 radical (unpaired) electrons. The molecule has 10 heteroatoms. The molecule has 2 heterocycles. The van der Waals surface area contributed by atoms with E-state index in [1.54, 1.807) is 18.2 Å². The van der Waals surface area contributed by atoms with Gasteiger partial charge in [0, 0.05) is 26.3 Å². The fourth-order valence-corrected chi connectivity index (χ4v) is 3.69. The summed E-state index contributed by atoms with van der Waals surface area (Å²) in [6.07, 6.45) is -6.00. The third-order valence-corrected chi connectivity index (χ3v) is 4.76. The van der Waals surface area contributed by atoms with Crippen LogP contribution in [0.1, 0.15) is 32.4 Å². The number of carbonyl (C=O) groups excluding carboxylic acids is 3. The zero-order valence-corrected chi connectivity index (χ0v) is 17.3. The SMILES string of the molecule is COc1ccc(OC)c([C@@H]2O[C@@H]3O[C@H]2[C@@H](OC(C)=O)[C@H](OC(C)=O)[C@@H]3OC(C)=O)c1. The molecule has 1 aromatic carbocycles. The number of benzene rings is 1. The maximum Gasteiger partial charge on any atom is 0.303 e. The van der Waals surface area contributed by atoms with Crippen LogP contribution in [0.4, 0.5) is 0 Å². The number of fused-ring (bicyclic) bond motifs is 2. The Morgan fingerprint density at radius 2 is 1.40 bits per heavy atom. The Hall–Kier alpha value is -2.85. The van der Waals surface area contributed by atoms with E-state index in [0.29, 0.717) is 17.1 Å². The molecular weight excluding hydrogens is 400 g/mol. The van der Waals surface area contributed by atoms with E-state index in [1.165, 1.54) is 35.0 Å². The van der Waals surface area contributed by atoms with Crippen molar-refractivity contribution in [3.63, 3.8) is 0 Å². The van der Waals surface area contributed by atoms with Gasteiger partial charge in [0.25, 0.3) is 0 Å². The van der Waals surface area contributed by atoms with Crippen molar-refractivity contribution in [2.45, 2.75) is 57.6 Å². The van der Waals surface area contributed by atoms with Crippen molar-refractivity contribution in [2.75, 3.05) is 14.2 Å². The van der Waals surface area contributed by atoms with Gasteiger partial charge < -0.3 is 33.2 Å². The summed E-state index contributed by atoms with van der Waals surface area (Å²) in [4.78, 5) is 35.2. The van der Waals surface area contributed by atoms with E-state index in [9.17, 15) is 14.4 Å². The lowest BCUT2D eigenvalue weighted by Gasteiger charge is -2.39. The standard InChI is InChI=1S/C20H24O10/c1-9(21)26-17-16-15(13-8-12(24-4)6-7-14(13)25-5)29-20(30-16)19(28-11(3)23)18(17)27-10(2)22/h6-8,15-20H,1-5H3/t15-,16+,17+,18-,19-,20+/m0/s1. The molecule has 2 bridgehead atoms. The van der Waals surface area contributed by atoms with E-state index in [2.05, 4.69) is 0 Å². The molecule has 0 amide bonds. The number of ether oxygens (including phenoxy) is 7. The first-order chi connectivity index (χ1) is 14.2. The van der Waals surface area contributed by atoms with Crippen LogP contribution in [0.2, 0.25) is 0 Å². The minimum atomic E-state index is -1.13. The van der Waals surface area contributed by atoms with Gasteiger partial charge >= 0.3 is 17.9 Å². The molecule has 10 nitrogen and oxygen atoms in total. The van der Waals surface area contributed by atoms with Gasteiger partial charge in [-0.1, -0.05) is 0 Å². The summed E-state index contributed by atoms with van der Waals surface area (Å²) in [5.41, 5.74) is 0.576. The van der Waals surface area contributed by atoms with Crippen LogP contribution in [0.15, 0.2) is 18.2 Å². The lowest BCUT2D eigenvalue weighted by atomic mass is 9.93. The molecular formula is C20H24O10. The highest BCUT2D eigenvalue weighted by molar-refractivity contribution is 5.68. The maximum atomic E-state index is 11.8. The fourth-order valence-electron chi connectivity index (χ4n) is 3.69. The number of esters is 3. The first kappa shape index (κ1) is 21.8. The second-order valence-corrected chi connectivity index (χ2v) is 6.86. The molecule has 0 spiro atoms. The predicted octanol–water partition coefficient (Wildman–Crippen LogP) is 1.30. The average molecular weight is 424 g/mol. The summed E-state index contributed by atoms with van der Waals surface area (Å²) in [7, 11) is 3.02.